The van der Waals surface area contributed by atoms with Gasteiger partial charge in [-0.1, -0.05) is 21.1 Å². The second-order valence-corrected chi connectivity index (χ2v) is 6.21. The molecular formula is C18H15BrN2O4. The standard InChI is InChI=1S/C18H15BrN2O4/c1-11(23-15-9-5-14(19)6-10-15)18(22)24-16-7-3-13(4-8-16)17-20-12(2)25-21-17/h3-11H,1-2H3. The zero-order chi connectivity index (χ0) is 17.8. The molecule has 3 rings (SSSR count). The van der Waals surface area contributed by atoms with E-state index in [0.717, 1.165) is 10.0 Å². The van der Waals surface area contributed by atoms with Crippen LogP contribution in [0.4, 0.5) is 0 Å². The maximum absolute atomic E-state index is 12.1. The van der Waals surface area contributed by atoms with Crippen molar-refractivity contribution in [2.75, 3.05) is 0 Å². The third-order valence-corrected chi connectivity index (χ3v) is 3.85. The lowest BCUT2D eigenvalue weighted by atomic mass is 10.2. The van der Waals surface area contributed by atoms with Crippen molar-refractivity contribution in [1.82, 2.24) is 10.1 Å². The predicted octanol–water partition coefficient (Wildman–Crippen LogP) is 4.18. The Morgan fingerprint density at radius 1 is 1.08 bits per heavy atom. The minimum absolute atomic E-state index is 0.417. The van der Waals surface area contributed by atoms with Crippen molar-refractivity contribution < 1.29 is 18.8 Å². The third kappa shape index (κ3) is 4.45. The van der Waals surface area contributed by atoms with Gasteiger partial charge in [-0.25, -0.2) is 4.79 Å². The van der Waals surface area contributed by atoms with E-state index < -0.39 is 12.1 Å². The zero-order valence-electron chi connectivity index (χ0n) is 13.6. The molecule has 25 heavy (non-hydrogen) atoms. The van der Waals surface area contributed by atoms with Crippen LogP contribution < -0.4 is 9.47 Å². The van der Waals surface area contributed by atoms with Gasteiger partial charge < -0.3 is 14.0 Å². The lowest BCUT2D eigenvalue weighted by molar-refractivity contribution is -0.141. The maximum atomic E-state index is 12.1. The minimum Gasteiger partial charge on any atom is -0.479 e. The number of carbonyl (C=O) groups is 1. The summed E-state index contributed by atoms with van der Waals surface area (Å²) in [7, 11) is 0. The summed E-state index contributed by atoms with van der Waals surface area (Å²) in [6.07, 6.45) is -0.735. The summed E-state index contributed by atoms with van der Waals surface area (Å²) in [5.74, 6) is 1.51. The number of hydrogen-bond acceptors (Lipinski definition) is 6. The third-order valence-electron chi connectivity index (χ3n) is 3.32. The first kappa shape index (κ1) is 17.2. The van der Waals surface area contributed by atoms with Crippen LogP contribution in [0.25, 0.3) is 11.4 Å². The molecule has 3 aromatic rings. The molecule has 0 saturated carbocycles. The molecule has 1 atom stereocenters. The number of aryl methyl sites for hydroxylation is 1. The molecule has 1 aromatic heterocycles. The Hall–Kier alpha value is -2.67. The van der Waals surface area contributed by atoms with E-state index in [2.05, 4.69) is 26.1 Å². The average Bonchev–Trinajstić information content (AvgIpc) is 3.04. The molecule has 0 aliphatic carbocycles. The van der Waals surface area contributed by atoms with Crippen molar-refractivity contribution in [3.63, 3.8) is 0 Å². The number of hydrogen-bond donors (Lipinski definition) is 0. The van der Waals surface area contributed by atoms with Gasteiger partial charge in [0.05, 0.1) is 0 Å². The average molecular weight is 403 g/mol. The lowest BCUT2D eigenvalue weighted by Crippen LogP contribution is -2.28. The van der Waals surface area contributed by atoms with Crippen molar-refractivity contribution in [3.05, 3.63) is 58.9 Å². The molecule has 0 radical (unpaired) electrons. The van der Waals surface area contributed by atoms with Crippen molar-refractivity contribution in [1.29, 1.82) is 0 Å². The van der Waals surface area contributed by atoms with Gasteiger partial charge in [-0.15, -0.1) is 0 Å². The van der Waals surface area contributed by atoms with E-state index >= 15 is 0 Å². The summed E-state index contributed by atoms with van der Waals surface area (Å²) in [5, 5.41) is 3.84. The van der Waals surface area contributed by atoms with Gasteiger partial charge in [0.1, 0.15) is 11.5 Å². The van der Waals surface area contributed by atoms with Gasteiger partial charge in [0.2, 0.25) is 11.7 Å². The smallest absolute Gasteiger partial charge is 0.352 e. The Bertz CT molecular complexity index is 860. The van der Waals surface area contributed by atoms with E-state index in [1.807, 2.05) is 12.1 Å². The highest BCUT2D eigenvalue weighted by Gasteiger charge is 2.17. The summed E-state index contributed by atoms with van der Waals surface area (Å²) in [6.45, 7) is 3.36. The molecular weight excluding hydrogens is 388 g/mol. The highest BCUT2D eigenvalue weighted by Crippen LogP contribution is 2.21. The fourth-order valence-corrected chi connectivity index (χ4v) is 2.32. The quantitative estimate of drug-likeness (QED) is 0.470. The Morgan fingerprint density at radius 3 is 2.32 bits per heavy atom. The maximum Gasteiger partial charge on any atom is 0.352 e. The zero-order valence-corrected chi connectivity index (χ0v) is 15.2. The molecule has 128 valence electrons. The molecule has 1 unspecified atom stereocenters. The first-order valence-corrected chi connectivity index (χ1v) is 8.35. The number of aromatic nitrogens is 2. The number of nitrogens with zero attached hydrogens (tertiary/aromatic N) is 2. The molecule has 0 bridgehead atoms. The Morgan fingerprint density at radius 2 is 1.72 bits per heavy atom. The van der Waals surface area contributed by atoms with E-state index in [1.165, 1.54) is 0 Å². The minimum atomic E-state index is -0.735. The molecule has 0 amide bonds. The van der Waals surface area contributed by atoms with Crippen LogP contribution in [0.5, 0.6) is 11.5 Å². The first-order chi connectivity index (χ1) is 12.0. The van der Waals surface area contributed by atoms with Gasteiger partial charge in [0, 0.05) is 17.0 Å². The molecule has 0 spiro atoms. The van der Waals surface area contributed by atoms with Gasteiger partial charge in [0.15, 0.2) is 6.10 Å². The van der Waals surface area contributed by atoms with Crippen LogP contribution in [0.15, 0.2) is 57.5 Å². The highest BCUT2D eigenvalue weighted by atomic mass is 79.9. The number of esters is 1. The van der Waals surface area contributed by atoms with Gasteiger partial charge in [-0.2, -0.15) is 4.98 Å². The van der Waals surface area contributed by atoms with E-state index in [9.17, 15) is 4.79 Å². The monoisotopic (exact) mass is 402 g/mol. The van der Waals surface area contributed by atoms with Crippen molar-refractivity contribution in [2.45, 2.75) is 20.0 Å². The second kappa shape index (κ2) is 7.48. The van der Waals surface area contributed by atoms with E-state index in [1.54, 1.807) is 50.2 Å². The number of carbonyl (C=O) groups excluding carboxylic acids is 1. The molecule has 1 heterocycles. The van der Waals surface area contributed by atoms with Gasteiger partial charge in [-0.05, 0) is 55.5 Å². The number of halogens is 1. The van der Waals surface area contributed by atoms with E-state index in [0.29, 0.717) is 23.2 Å². The van der Waals surface area contributed by atoms with Gasteiger partial charge >= 0.3 is 5.97 Å². The summed E-state index contributed by atoms with van der Waals surface area (Å²) >= 11 is 3.35. The SMILES string of the molecule is Cc1nc(-c2ccc(OC(=O)C(C)Oc3ccc(Br)cc3)cc2)no1. The molecule has 2 aromatic carbocycles. The van der Waals surface area contributed by atoms with Crippen LogP contribution in [0.2, 0.25) is 0 Å². The Labute approximate surface area is 152 Å². The molecule has 0 aliphatic rings. The van der Waals surface area contributed by atoms with Crippen LogP contribution >= 0.6 is 15.9 Å². The summed E-state index contributed by atoms with van der Waals surface area (Å²) in [5.41, 5.74) is 0.774. The van der Waals surface area contributed by atoms with E-state index in [4.69, 9.17) is 14.0 Å². The Kier molecular flexibility index (Phi) is 5.14. The number of rotatable bonds is 5. The van der Waals surface area contributed by atoms with Crippen LogP contribution in [-0.2, 0) is 4.79 Å². The topological polar surface area (TPSA) is 74.5 Å². The Balaban J connectivity index is 1.61. The van der Waals surface area contributed by atoms with Crippen LogP contribution in [-0.4, -0.2) is 22.2 Å². The summed E-state index contributed by atoms with van der Waals surface area (Å²) < 4.78 is 16.8. The first-order valence-electron chi connectivity index (χ1n) is 7.56. The van der Waals surface area contributed by atoms with Crippen LogP contribution in [0.1, 0.15) is 12.8 Å². The molecule has 0 saturated heterocycles. The predicted molar refractivity (Wildman–Crippen MR) is 94.3 cm³/mol. The molecule has 0 aliphatic heterocycles. The molecule has 0 fully saturated rings. The van der Waals surface area contributed by atoms with E-state index in [-0.39, 0.29) is 0 Å². The van der Waals surface area contributed by atoms with Gasteiger partial charge in [0.25, 0.3) is 0 Å². The van der Waals surface area contributed by atoms with Crippen molar-refractivity contribution >= 4 is 21.9 Å². The largest absolute Gasteiger partial charge is 0.479 e. The normalized spacial score (nSPS) is 11.8. The summed E-state index contributed by atoms with van der Waals surface area (Å²) in [6, 6.07) is 14.1. The number of ether oxygens (including phenoxy) is 2. The molecule has 7 heteroatoms. The summed E-state index contributed by atoms with van der Waals surface area (Å²) in [4.78, 5) is 16.3. The van der Waals surface area contributed by atoms with Gasteiger partial charge in [-0.3, -0.25) is 0 Å². The fourth-order valence-electron chi connectivity index (χ4n) is 2.05. The molecule has 6 nitrogen and oxygen atoms in total. The van der Waals surface area contributed by atoms with Crippen molar-refractivity contribution in [2.24, 2.45) is 0 Å². The lowest BCUT2D eigenvalue weighted by Gasteiger charge is -2.14. The fraction of sp³-hybridized carbons (Fsp3) is 0.167. The van der Waals surface area contributed by atoms with Crippen LogP contribution in [0.3, 0.4) is 0 Å². The molecule has 0 N–H and O–H groups in total. The second-order valence-electron chi connectivity index (χ2n) is 5.30. The van der Waals surface area contributed by atoms with Crippen molar-refractivity contribution in [3.8, 4) is 22.9 Å². The van der Waals surface area contributed by atoms with Crippen LogP contribution in [0, 0.1) is 6.92 Å². The highest BCUT2D eigenvalue weighted by molar-refractivity contribution is 9.10. The number of benzene rings is 2.